The molecule has 1 aliphatic rings. The molecule has 1 atom stereocenters. The number of aromatic nitrogens is 1. The first-order chi connectivity index (χ1) is 14.8. The number of anilines is 1. The normalized spacial score (nSPS) is 17.9. The zero-order valence-corrected chi connectivity index (χ0v) is 17.4. The standard InChI is InChI=1S/C22H17N3O5S/c1-12-3-4-13(2)16(11-12)19(26)17-18(14-5-7-15(8-6-14)25(29)30)24(21(28)20(17)27)22-23-9-10-31-22/h3-11,18,26H,1-2H3. The highest BCUT2D eigenvalue weighted by Crippen LogP contribution is 2.43. The molecule has 1 amide bonds. The van der Waals surface area contributed by atoms with Gasteiger partial charge in [-0.05, 0) is 43.2 Å². The van der Waals surface area contributed by atoms with Crippen LogP contribution in [-0.2, 0) is 9.59 Å². The van der Waals surface area contributed by atoms with Crippen LogP contribution in [0.1, 0.15) is 28.3 Å². The number of non-ortho nitro benzene ring substituents is 1. The summed E-state index contributed by atoms with van der Waals surface area (Å²) >= 11 is 1.18. The number of rotatable bonds is 4. The number of thiazole rings is 1. The van der Waals surface area contributed by atoms with Gasteiger partial charge in [-0.15, -0.1) is 11.3 Å². The van der Waals surface area contributed by atoms with Crippen LogP contribution < -0.4 is 4.90 Å². The number of amides is 1. The summed E-state index contributed by atoms with van der Waals surface area (Å²) in [6.07, 6.45) is 1.51. The summed E-state index contributed by atoms with van der Waals surface area (Å²) in [5.74, 6) is -1.94. The third-order valence-electron chi connectivity index (χ3n) is 5.14. The van der Waals surface area contributed by atoms with Crippen LogP contribution in [0.15, 0.2) is 59.6 Å². The highest BCUT2D eigenvalue weighted by Gasteiger charge is 2.48. The van der Waals surface area contributed by atoms with Crippen molar-refractivity contribution in [1.82, 2.24) is 4.98 Å². The van der Waals surface area contributed by atoms with Crippen molar-refractivity contribution < 1.29 is 19.6 Å². The average molecular weight is 435 g/mol. The van der Waals surface area contributed by atoms with E-state index in [1.807, 2.05) is 19.1 Å². The van der Waals surface area contributed by atoms with Crippen molar-refractivity contribution in [1.29, 1.82) is 0 Å². The zero-order chi connectivity index (χ0) is 22.3. The zero-order valence-electron chi connectivity index (χ0n) is 16.6. The molecule has 2 aromatic carbocycles. The monoisotopic (exact) mass is 435 g/mol. The summed E-state index contributed by atoms with van der Waals surface area (Å²) in [7, 11) is 0. The van der Waals surface area contributed by atoms with Crippen molar-refractivity contribution >= 4 is 39.6 Å². The molecule has 0 saturated carbocycles. The number of nitrogens with zero attached hydrogens (tertiary/aromatic N) is 3. The van der Waals surface area contributed by atoms with Crippen LogP contribution >= 0.6 is 11.3 Å². The summed E-state index contributed by atoms with van der Waals surface area (Å²) in [6.45, 7) is 3.66. The van der Waals surface area contributed by atoms with Gasteiger partial charge in [-0.3, -0.25) is 24.6 Å². The largest absolute Gasteiger partial charge is 0.507 e. The Labute approximate surface area is 181 Å². The summed E-state index contributed by atoms with van der Waals surface area (Å²) in [5, 5.41) is 24.2. The van der Waals surface area contributed by atoms with E-state index in [9.17, 15) is 24.8 Å². The van der Waals surface area contributed by atoms with Gasteiger partial charge in [0.1, 0.15) is 5.76 Å². The second-order valence-corrected chi connectivity index (χ2v) is 8.02. The van der Waals surface area contributed by atoms with Gasteiger partial charge in [-0.2, -0.15) is 0 Å². The molecule has 1 aromatic heterocycles. The van der Waals surface area contributed by atoms with E-state index in [0.29, 0.717) is 16.3 Å². The summed E-state index contributed by atoms with van der Waals surface area (Å²) in [4.78, 5) is 41.9. The lowest BCUT2D eigenvalue weighted by Crippen LogP contribution is -2.29. The van der Waals surface area contributed by atoms with Crippen LogP contribution in [-0.4, -0.2) is 26.7 Å². The third kappa shape index (κ3) is 3.49. The number of carbonyl (C=O) groups is 2. The Morgan fingerprint density at radius 1 is 1.16 bits per heavy atom. The maximum atomic E-state index is 13.0. The molecular weight excluding hydrogens is 418 g/mol. The molecule has 31 heavy (non-hydrogen) atoms. The molecule has 4 rings (SSSR count). The molecule has 1 fully saturated rings. The predicted molar refractivity (Wildman–Crippen MR) is 116 cm³/mol. The van der Waals surface area contributed by atoms with E-state index < -0.39 is 22.7 Å². The first-order valence-electron chi connectivity index (χ1n) is 9.32. The van der Waals surface area contributed by atoms with Gasteiger partial charge in [0, 0.05) is 29.3 Å². The van der Waals surface area contributed by atoms with Crippen LogP contribution in [0.25, 0.3) is 5.76 Å². The van der Waals surface area contributed by atoms with Gasteiger partial charge in [0.25, 0.3) is 11.5 Å². The minimum atomic E-state index is -0.966. The molecular formula is C22H17N3O5S. The number of hydrogen-bond donors (Lipinski definition) is 1. The maximum absolute atomic E-state index is 13.0. The first kappa shape index (κ1) is 20.4. The molecule has 9 heteroatoms. The van der Waals surface area contributed by atoms with Gasteiger partial charge in [0.2, 0.25) is 0 Å². The molecule has 0 bridgehead atoms. The van der Waals surface area contributed by atoms with Crippen molar-refractivity contribution in [3.05, 3.63) is 92.0 Å². The smallest absolute Gasteiger partial charge is 0.301 e. The number of aliphatic hydroxyl groups is 1. The van der Waals surface area contributed by atoms with Crippen molar-refractivity contribution in [2.45, 2.75) is 19.9 Å². The first-order valence-corrected chi connectivity index (χ1v) is 10.2. The van der Waals surface area contributed by atoms with E-state index in [1.165, 1.54) is 46.7 Å². The molecule has 0 radical (unpaired) electrons. The lowest BCUT2D eigenvalue weighted by atomic mass is 9.93. The average Bonchev–Trinajstić information content (AvgIpc) is 3.36. The molecule has 8 nitrogen and oxygen atoms in total. The molecule has 156 valence electrons. The van der Waals surface area contributed by atoms with Crippen LogP contribution in [0.4, 0.5) is 10.8 Å². The Bertz CT molecular complexity index is 1230. The van der Waals surface area contributed by atoms with Gasteiger partial charge in [-0.1, -0.05) is 17.7 Å². The molecule has 1 aliphatic heterocycles. The van der Waals surface area contributed by atoms with Crippen LogP contribution in [0.2, 0.25) is 0 Å². The molecule has 0 aliphatic carbocycles. The second kappa shape index (κ2) is 7.77. The van der Waals surface area contributed by atoms with Gasteiger partial charge in [-0.25, -0.2) is 4.98 Å². The van der Waals surface area contributed by atoms with E-state index in [1.54, 1.807) is 18.4 Å². The van der Waals surface area contributed by atoms with Gasteiger partial charge in [0.15, 0.2) is 5.13 Å². The van der Waals surface area contributed by atoms with Crippen LogP contribution in [0.3, 0.4) is 0 Å². The van der Waals surface area contributed by atoms with E-state index in [-0.39, 0.29) is 17.0 Å². The van der Waals surface area contributed by atoms with E-state index in [2.05, 4.69) is 4.98 Å². The number of aliphatic hydroxyl groups excluding tert-OH is 1. The Kier molecular flexibility index (Phi) is 5.12. The Balaban J connectivity index is 1.95. The van der Waals surface area contributed by atoms with E-state index in [0.717, 1.165) is 11.1 Å². The minimum Gasteiger partial charge on any atom is -0.507 e. The van der Waals surface area contributed by atoms with Crippen molar-refractivity contribution in [3.63, 3.8) is 0 Å². The number of benzene rings is 2. The number of carbonyl (C=O) groups excluding carboxylic acids is 2. The maximum Gasteiger partial charge on any atom is 0.301 e. The molecule has 1 N–H and O–H groups in total. The second-order valence-electron chi connectivity index (χ2n) is 7.15. The molecule has 2 heterocycles. The number of Topliss-reactive ketones (excluding diaryl/α,β-unsaturated/α-hetero) is 1. The molecule has 0 spiro atoms. The SMILES string of the molecule is Cc1ccc(C)c(C(O)=C2C(=O)C(=O)N(c3nccs3)C2c2ccc([N+](=O)[O-])cc2)c1. The summed E-state index contributed by atoms with van der Waals surface area (Å²) in [5.41, 5.74) is 2.32. The molecule has 1 saturated heterocycles. The number of aryl methyl sites for hydroxylation is 2. The van der Waals surface area contributed by atoms with E-state index >= 15 is 0 Å². The third-order valence-corrected chi connectivity index (χ3v) is 5.91. The van der Waals surface area contributed by atoms with Gasteiger partial charge in [0.05, 0.1) is 16.5 Å². The Hall–Kier alpha value is -3.85. The lowest BCUT2D eigenvalue weighted by molar-refractivity contribution is -0.384. The molecule has 1 unspecified atom stereocenters. The summed E-state index contributed by atoms with van der Waals surface area (Å²) in [6, 6.07) is 10.0. The number of nitro groups is 1. The summed E-state index contributed by atoms with van der Waals surface area (Å²) < 4.78 is 0. The van der Waals surface area contributed by atoms with Crippen molar-refractivity contribution in [2.75, 3.05) is 4.90 Å². The quantitative estimate of drug-likeness (QED) is 0.215. The molecule has 3 aromatic rings. The minimum absolute atomic E-state index is 0.0808. The predicted octanol–water partition coefficient (Wildman–Crippen LogP) is 4.29. The van der Waals surface area contributed by atoms with Crippen molar-refractivity contribution in [3.8, 4) is 0 Å². The van der Waals surface area contributed by atoms with E-state index in [4.69, 9.17) is 0 Å². The number of nitro benzene ring substituents is 1. The lowest BCUT2D eigenvalue weighted by Gasteiger charge is -2.23. The fraction of sp³-hybridized carbons (Fsp3) is 0.136. The highest BCUT2D eigenvalue weighted by molar-refractivity contribution is 7.14. The number of hydrogen-bond acceptors (Lipinski definition) is 7. The van der Waals surface area contributed by atoms with Crippen LogP contribution in [0.5, 0.6) is 0 Å². The van der Waals surface area contributed by atoms with Gasteiger partial charge >= 0.3 is 5.91 Å². The Morgan fingerprint density at radius 3 is 2.48 bits per heavy atom. The topological polar surface area (TPSA) is 114 Å². The highest BCUT2D eigenvalue weighted by atomic mass is 32.1. The Morgan fingerprint density at radius 2 is 1.87 bits per heavy atom. The van der Waals surface area contributed by atoms with Crippen molar-refractivity contribution in [2.24, 2.45) is 0 Å². The van der Waals surface area contributed by atoms with Crippen LogP contribution in [0, 0.1) is 24.0 Å². The fourth-order valence-corrected chi connectivity index (χ4v) is 4.26. The van der Waals surface area contributed by atoms with Gasteiger partial charge < -0.3 is 5.11 Å². The fourth-order valence-electron chi connectivity index (χ4n) is 3.59. The number of ketones is 1.